The first kappa shape index (κ1) is 13.4. The Bertz CT molecular complexity index is 437. The monoisotopic (exact) mass is 248 g/mol. The summed E-state index contributed by atoms with van der Waals surface area (Å²) in [5.41, 5.74) is 1.58. The first-order valence-electron chi connectivity index (χ1n) is 6.74. The molecule has 0 amide bonds. The number of rotatable bonds is 2. The van der Waals surface area contributed by atoms with Crippen LogP contribution in [0.4, 0.5) is 0 Å². The van der Waals surface area contributed by atoms with Gasteiger partial charge in [-0.1, -0.05) is 25.5 Å². The summed E-state index contributed by atoms with van der Waals surface area (Å²) in [7, 11) is 1.67. The van der Waals surface area contributed by atoms with Gasteiger partial charge in [0.15, 0.2) is 0 Å². The van der Waals surface area contributed by atoms with E-state index in [4.69, 9.17) is 4.74 Å². The van der Waals surface area contributed by atoms with Gasteiger partial charge >= 0.3 is 0 Å². The highest BCUT2D eigenvalue weighted by atomic mass is 16.5. The molecule has 1 saturated carbocycles. The number of benzene rings is 1. The van der Waals surface area contributed by atoms with Crippen molar-refractivity contribution in [2.24, 2.45) is 5.41 Å². The largest absolute Gasteiger partial charge is 0.496 e. The summed E-state index contributed by atoms with van der Waals surface area (Å²) in [6.07, 6.45) is 3.89. The molecule has 1 N–H and O–H groups in total. The van der Waals surface area contributed by atoms with Crippen LogP contribution in [0.2, 0.25) is 0 Å². The lowest BCUT2D eigenvalue weighted by molar-refractivity contribution is -0.0454. The predicted molar refractivity (Wildman–Crippen MR) is 73.9 cm³/mol. The molecule has 0 radical (unpaired) electrons. The quantitative estimate of drug-likeness (QED) is 0.862. The minimum absolute atomic E-state index is 0.196. The minimum Gasteiger partial charge on any atom is -0.496 e. The summed E-state index contributed by atoms with van der Waals surface area (Å²) < 4.78 is 5.43. The molecule has 1 aromatic carbocycles. The van der Waals surface area contributed by atoms with Crippen molar-refractivity contribution in [1.82, 2.24) is 0 Å². The smallest absolute Gasteiger partial charge is 0.124 e. The maximum absolute atomic E-state index is 11.0. The highest BCUT2D eigenvalue weighted by Gasteiger charge is 2.41. The molecule has 1 aliphatic rings. The first-order valence-corrected chi connectivity index (χ1v) is 6.74. The zero-order valence-electron chi connectivity index (χ0n) is 11.9. The zero-order valence-corrected chi connectivity index (χ0v) is 11.9. The van der Waals surface area contributed by atoms with Crippen molar-refractivity contribution in [2.75, 3.05) is 7.11 Å². The van der Waals surface area contributed by atoms with Gasteiger partial charge in [-0.05, 0) is 50.2 Å². The average molecular weight is 248 g/mol. The Morgan fingerprint density at radius 3 is 2.56 bits per heavy atom. The van der Waals surface area contributed by atoms with Crippen molar-refractivity contribution in [3.05, 3.63) is 29.3 Å². The van der Waals surface area contributed by atoms with Crippen LogP contribution in [0, 0.1) is 12.3 Å². The normalized spacial score (nSPS) is 26.9. The standard InChI is InChI=1S/C16H24O2/c1-12-6-7-14(18-4)13(10-12)16(17)9-5-8-15(2,3)11-16/h6-7,10,17H,5,8-9,11H2,1-4H3. The summed E-state index contributed by atoms with van der Waals surface area (Å²) in [4.78, 5) is 0. The molecular formula is C16H24O2. The third kappa shape index (κ3) is 2.54. The van der Waals surface area contributed by atoms with Gasteiger partial charge in [0.2, 0.25) is 0 Å². The average Bonchev–Trinajstić information content (AvgIpc) is 2.27. The van der Waals surface area contributed by atoms with Gasteiger partial charge in [-0.25, -0.2) is 0 Å². The Hall–Kier alpha value is -1.02. The lowest BCUT2D eigenvalue weighted by Crippen LogP contribution is -2.36. The van der Waals surface area contributed by atoms with Crippen molar-refractivity contribution in [1.29, 1.82) is 0 Å². The Morgan fingerprint density at radius 2 is 1.94 bits per heavy atom. The molecule has 0 spiro atoms. The van der Waals surface area contributed by atoms with Crippen LogP contribution in [0.1, 0.15) is 50.7 Å². The van der Waals surface area contributed by atoms with E-state index in [0.29, 0.717) is 0 Å². The molecule has 100 valence electrons. The van der Waals surface area contributed by atoms with Crippen LogP contribution in [-0.4, -0.2) is 12.2 Å². The zero-order chi connectivity index (χ0) is 13.4. The van der Waals surface area contributed by atoms with Gasteiger partial charge in [0.1, 0.15) is 5.75 Å². The Morgan fingerprint density at radius 1 is 1.22 bits per heavy atom. The predicted octanol–water partition coefficient (Wildman–Crippen LogP) is 3.79. The molecule has 18 heavy (non-hydrogen) atoms. The molecule has 1 unspecified atom stereocenters. The summed E-state index contributed by atoms with van der Waals surface area (Å²) in [6.45, 7) is 6.53. The Balaban J connectivity index is 2.43. The highest BCUT2D eigenvalue weighted by Crippen LogP contribution is 2.48. The van der Waals surface area contributed by atoms with E-state index in [1.807, 2.05) is 12.1 Å². The summed E-state index contributed by atoms with van der Waals surface area (Å²) >= 11 is 0. The summed E-state index contributed by atoms with van der Waals surface area (Å²) in [5, 5.41) is 11.0. The summed E-state index contributed by atoms with van der Waals surface area (Å²) in [5.74, 6) is 0.806. The van der Waals surface area contributed by atoms with Gasteiger partial charge in [0, 0.05) is 5.56 Å². The maximum Gasteiger partial charge on any atom is 0.124 e. The van der Waals surface area contributed by atoms with Crippen molar-refractivity contribution in [3.8, 4) is 5.75 Å². The molecule has 2 nitrogen and oxygen atoms in total. The van der Waals surface area contributed by atoms with Gasteiger partial charge < -0.3 is 9.84 Å². The molecule has 0 aromatic heterocycles. The third-order valence-electron chi connectivity index (χ3n) is 4.07. The lowest BCUT2D eigenvalue weighted by Gasteiger charge is -2.42. The molecule has 1 aliphatic carbocycles. The van der Waals surface area contributed by atoms with Crippen LogP contribution in [0.25, 0.3) is 0 Å². The fourth-order valence-electron chi connectivity index (χ4n) is 3.24. The number of aryl methyl sites for hydroxylation is 1. The van der Waals surface area contributed by atoms with Gasteiger partial charge in [-0.3, -0.25) is 0 Å². The Labute approximate surface area is 110 Å². The van der Waals surface area contributed by atoms with E-state index < -0.39 is 5.60 Å². The Kier molecular flexibility index (Phi) is 3.41. The molecule has 1 atom stereocenters. The van der Waals surface area contributed by atoms with Crippen molar-refractivity contribution >= 4 is 0 Å². The molecular weight excluding hydrogens is 224 g/mol. The van der Waals surface area contributed by atoms with Crippen LogP contribution in [0.3, 0.4) is 0 Å². The van der Waals surface area contributed by atoms with E-state index in [-0.39, 0.29) is 5.41 Å². The highest BCUT2D eigenvalue weighted by molar-refractivity contribution is 5.41. The number of ether oxygens (including phenoxy) is 1. The van der Waals surface area contributed by atoms with Gasteiger partial charge in [0.25, 0.3) is 0 Å². The van der Waals surface area contributed by atoms with Gasteiger partial charge in [0.05, 0.1) is 12.7 Å². The number of hydrogen-bond acceptors (Lipinski definition) is 2. The van der Waals surface area contributed by atoms with Crippen LogP contribution in [-0.2, 0) is 5.60 Å². The molecule has 2 rings (SSSR count). The summed E-state index contributed by atoms with van der Waals surface area (Å²) in [6, 6.07) is 6.06. The molecule has 0 heterocycles. The molecule has 1 fully saturated rings. The first-order chi connectivity index (χ1) is 8.36. The molecule has 0 aliphatic heterocycles. The van der Waals surface area contributed by atoms with E-state index in [1.54, 1.807) is 7.11 Å². The number of aliphatic hydroxyl groups is 1. The SMILES string of the molecule is COc1ccc(C)cc1C1(O)CCCC(C)(C)C1. The van der Waals surface area contributed by atoms with E-state index in [0.717, 1.165) is 30.6 Å². The lowest BCUT2D eigenvalue weighted by atomic mass is 9.67. The van der Waals surface area contributed by atoms with Crippen LogP contribution in [0.5, 0.6) is 5.75 Å². The molecule has 1 aromatic rings. The van der Waals surface area contributed by atoms with E-state index in [1.165, 1.54) is 12.0 Å². The van der Waals surface area contributed by atoms with Crippen LogP contribution < -0.4 is 4.74 Å². The second kappa shape index (κ2) is 4.58. The topological polar surface area (TPSA) is 29.5 Å². The fraction of sp³-hybridized carbons (Fsp3) is 0.625. The molecule has 0 saturated heterocycles. The third-order valence-corrected chi connectivity index (χ3v) is 4.07. The van der Waals surface area contributed by atoms with E-state index in [2.05, 4.69) is 26.8 Å². The van der Waals surface area contributed by atoms with Crippen molar-refractivity contribution in [3.63, 3.8) is 0 Å². The van der Waals surface area contributed by atoms with Crippen LogP contribution >= 0.6 is 0 Å². The van der Waals surface area contributed by atoms with E-state index in [9.17, 15) is 5.11 Å². The fourth-order valence-corrected chi connectivity index (χ4v) is 3.24. The van der Waals surface area contributed by atoms with Gasteiger partial charge in [-0.15, -0.1) is 0 Å². The van der Waals surface area contributed by atoms with Gasteiger partial charge in [-0.2, -0.15) is 0 Å². The maximum atomic E-state index is 11.0. The molecule has 0 bridgehead atoms. The number of methoxy groups -OCH3 is 1. The second-order valence-electron chi connectivity index (χ2n) is 6.43. The molecule has 2 heteroatoms. The van der Waals surface area contributed by atoms with Crippen LogP contribution in [0.15, 0.2) is 18.2 Å². The van der Waals surface area contributed by atoms with E-state index >= 15 is 0 Å². The van der Waals surface area contributed by atoms with Crippen molar-refractivity contribution in [2.45, 2.75) is 52.1 Å². The minimum atomic E-state index is -0.737. The second-order valence-corrected chi connectivity index (χ2v) is 6.43. The van der Waals surface area contributed by atoms with Crippen molar-refractivity contribution < 1.29 is 9.84 Å². The number of hydrogen-bond donors (Lipinski definition) is 1.